The third-order valence-electron chi connectivity index (χ3n) is 2.13. The molecule has 0 aromatic heterocycles. The first-order valence-electron chi connectivity index (χ1n) is 5.69. The van der Waals surface area contributed by atoms with E-state index in [1.165, 1.54) is 0 Å². The summed E-state index contributed by atoms with van der Waals surface area (Å²) in [5.74, 6) is 0. The van der Waals surface area contributed by atoms with Crippen LogP contribution >= 0.6 is 0 Å². The number of aliphatic hydroxyl groups is 2. The van der Waals surface area contributed by atoms with Crippen LogP contribution in [0, 0.1) is 0 Å². The highest BCUT2D eigenvalue weighted by atomic mass is 16.5. The number of rotatable bonds is 10. The van der Waals surface area contributed by atoms with Crippen molar-refractivity contribution in [2.24, 2.45) is 0 Å². The highest BCUT2D eigenvalue weighted by molar-refractivity contribution is 4.59. The summed E-state index contributed by atoms with van der Waals surface area (Å²) in [6, 6.07) is 0. The Morgan fingerprint density at radius 1 is 1.27 bits per heavy atom. The zero-order valence-electron chi connectivity index (χ0n) is 9.82. The lowest BCUT2D eigenvalue weighted by molar-refractivity contribution is -0.0780. The maximum atomic E-state index is 9.03. The first-order chi connectivity index (χ1) is 7.24. The average Bonchev–Trinajstić information content (AvgIpc) is 2.25. The Morgan fingerprint density at radius 2 is 2.00 bits per heavy atom. The van der Waals surface area contributed by atoms with Crippen LogP contribution in [0.25, 0.3) is 0 Å². The Balaban J connectivity index is 3.57. The standard InChI is InChI=1S/C11H24O4/c1-3-4-5-10(2)15-11(8-13)9-14-7-6-12/h10-13H,3-9H2,1-2H3. The molecule has 0 aromatic carbocycles. The van der Waals surface area contributed by atoms with Crippen LogP contribution in [0.15, 0.2) is 0 Å². The second kappa shape index (κ2) is 10.4. The van der Waals surface area contributed by atoms with Gasteiger partial charge in [0.15, 0.2) is 0 Å². The fraction of sp³-hybridized carbons (Fsp3) is 1.00. The quantitative estimate of drug-likeness (QED) is 0.538. The second-order valence-electron chi connectivity index (χ2n) is 3.69. The average molecular weight is 220 g/mol. The van der Waals surface area contributed by atoms with E-state index < -0.39 is 0 Å². The largest absolute Gasteiger partial charge is 0.394 e. The molecule has 0 aliphatic heterocycles. The van der Waals surface area contributed by atoms with Gasteiger partial charge in [0.1, 0.15) is 6.10 Å². The van der Waals surface area contributed by atoms with Crippen molar-refractivity contribution < 1.29 is 19.7 Å². The van der Waals surface area contributed by atoms with E-state index in [4.69, 9.17) is 19.7 Å². The number of hydrogen-bond acceptors (Lipinski definition) is 4. The van der Waals surface area contributed by atoms with Crippen molar-refractivity contribution in [1.29, 1.82) is 0 Å². The van der Waals surface area contributed by atoms with Gasteiger partial charge in [-0.15, -0.1) is 0 Å². The smallest absolute Gasteiger partial charge is 0.104 e. The Kier molecular flexibility index (Phi) is 10.3. The van der Waals surface area contributed by atoms with Gasteiger partial charge in [0.2, 0.25) is 0 Å². The molecule has 15 heavy (non-hydrogen) atoms. The van der Waals surface area contributed by atoms with Gasteiger partial charge in [-0.3, -0.25) is 0 Å². The van der Waals surface area contributed by atoms with Crippen LogP contribution < -0.4 is 0 Å². The van der Waals surface area contributed by atoms with Gasteiger partial charge in [0, 0.05) is 0 Å². The topological polar surface area (TPSA) is 58.9 Å². The summed E-state index contributed by atoms with van der Waals surface area (Å²) in [5.41, 5.74) is 0. The van der Waals surface area contributed by atoms with Gasteiger partial charge in [-0.2, -0.15) is 0 Å². The van der Waals surface area contributed by atoms with Crippen molar-refractivity contribution in [3.8, 4) is 0 Å². The summed E-state index contributed by atoms with van der Waals surface area (Å²) in [6.45, 7) is 4.74. The summed E-state index contributed by atoms with van der Waals surface area (Å²) in [5, 5.41) is 17.6. The molecular formula is C11H24O4. The van der Waals surface area contributed by atoms with Gasteiger partial charge < -0.3 is 19.7 Å². The molecule has 4 heteroatoms. The van der Waals surface area contributed by atoms with Crippen LogP contribution in [0.4, 0.5) is 0 Å². The van der Waals surface area contributed by atoms with Gasteiger partial charge in [0.25, 0.3) is 0 Å². The number of aliphatic hydroxyl groups excluding tert-OH is 2. The van der Waals surface area contributed by atoms with E-state index in [-0.39, 0.29) is 25.4 Å². The molecule has 0 aliphatic carbocycles. The van der Waals surface area contributed by atoms with E-state index in [2.05, 4.69) is 6.92 Å². The van der Waals surface area contributed by atoms with Crippen molar-refractivity contribution in [1.82, 2.24) is 0 Å². The molecule has 0 radical (unpaired) electrons. The molecule has 0 amide bonds. The van der Waals surface area contributed by atoms with Crippen LogP contribution in [0.5, 0.6) is 0 Å². The van der Waals surface area contributed by atoms with E-state index in [0.29, 0.717) is 13.2 Å². The summed E-state index contributed by atoms with van der Waals surface area (Å²) in [4.78, 5) is 0. The number of unbranched alkanes of at least 4 members (excludes halogenated alkanes) is 1. The van der Waals surface area contributed by atoms with Gasteiger partial charge in [-0.05, 0) is 13.3 Å². The lowest BCUT2D eigenvalue weighted by atomic mass is 10.2. The minimum absolute atomic E-state index is 0.00351. The summed E-state index contributed by atoms with van der Waals surface area (Å²) >= 11 is 0. The van der Waals surface area contributed by atoms with Crippen LogP contribution in [-0.4, -0.2) is 48.8 Å². The van der Waals surface area contributed by atoms with E-state index in [0.717, 1.165) is 19.3 Å². The molecule has 0 aromatic rings. The molecule has 0 heterocycles. The van der Waals surface area contributed by atoms with Gasteiger partial charge >= 0.3 is 0 Å². The summed E-state index contributed by atoms with van der Waals surface area (Å²) in [6.07, 6.45) is 3.17. The van der Waals surface area contributed by atoms with Crippen LogP contribution in [0.3, 0.4) is 0 Å². The Hall–Kier alpha value is -0.160. The van der Waals surface area contributed by atoms with Crippen molar-refractivity contribution >= 4 is 0 Å². The highest BCUT2D eigenvalue weighted by Gasteiger charge is 2.12. The predicted molar refractivity (Wildman–Crippen MR) is 58.9 cm³/mol. The van der Waals surface area contributed by atoms with E-state index >= 15 is 0 Å². The molecule has 2 unspecified atom stereocenters. The SMILES string of the molecule is CCCCC(C)OC(CO)COCCO. The molecule has 0 fully saturated rings. The Labute approximate surface area is 92.2 Å². The van der Waals surface area contributed by atoms with Crippen molar-refractivity contribution in [3.05, 3.63) is 0 Å². The Bertz CT molecular complexity index is 130. The first kappa shape index (κ1) is 14.8. The maximum Gasteiger partial charge on any atom is 0.104 e. The predicted octanol–water partition coefficient (Wildman–Crippen LogP) is 0.951. The lowest BCUT2D eigenvalue weighted by Crippen LogP contribution is -2.28. The Morgan fingerprint density at radius 3 is 2.53 bits per heavy atom. The summed E-state index contributed by atoms with van der Waals surface area (Å²) < 4.78 is 10.7. The molecular weight excluding hydrogens is 196 g/mol. The minimum atomic E-state index is -0.275. The molecule has 92 valence electrons. The fourth-order valence-corrected chi connectivity index (χ4v) is 1.30. The van der Waals surface area contributed by atoms with Crippen LogP contribution in [-0.2, 0) is 9.47 Å². The van der Waals surface area contributed by atoms with Gasteiger partial charge in [-0.1, -0.05) is 19.8 Å². The maximum absolute atomic E-state index is 9.03. The van der Waals surface area contributed by atoms with Crippen LogP contribution in [0.2, 0.25) is 0 Å². The molecule has 0 rings (SSSR count). The van der Waals surface area contributed by atoms with Gasteiger partial charge in [-0.25, -0.2) is 0 Å². The van der Waals surface area contributed by atoms with Gasteiger partial charge in [0.05, 0.1) is 32.5 Å². The molecule has 2 N–H and O–H groups in total. The zero-order chi connectivity index (χ0) is 11.5. The van der Waals surface area contributed by atoms with E-state index in [9.17, 15) is 0 Å². The number of ether oxygens (including phenoxy) is 2. The third-order valence-corrected chi connectivity index (χ3v) is 2.13. The first-order valence-corrected chi connectivity index (χ1v) is 5.69. The second-order valence-corrected chi connectivity index (χ2v) is 3.69. The van der Waals surface area contributed by atoms with Crippen LogP contribution in [0.1, 0.15) is 33.1 Å². The third kappa shape index (κ3) is 8.81. The monoisotopic (exact) mass is 220 g/mol. The molecule has 0 saturated heterocycles. The highest BCUT2D eigenvalue weighted by Crippen LogP contribution is 2.07. The normalized spacial score (nSPS) is 15.2. The molecule has 0 saturated carbocycles. The molecule has 2 atom stereocenters. The summed E-state index contributed by atoms with van der Waals surface area (Å²) in [7, 11) is 0. The molecule has 4 nitrogen and oxygen atoms in total. The molecule has 0 aliphatic rings. The lowest BCUT2D eigenvalue weighted by Gasteiger charge is -2.20. The van der Waals surface area contributed by atoms with Crippen molar-refractivity contribution in [2.45, 2.75) is 45.3 Å². The fourth-order valence-electron chi connectivity index (χ4n) is 1.30. The molecule has 0 bridgehead atoms. The van der Waals surface area contributed by atoms with Crippen molar-refractivity contribution in [3.63, 3.8) is 0 Å². The minimum Gasteiger partial charge on any atom is -0.394 e. The molecule has 0 spiro atoms. The van der Waals surface area contributed by atoms with Crippen molar-refractivity contribution in [2.75, 3.05) is 26.4 Å². The zero-order valence-corrected chi connectivity index (χ0v) is 9.82. The van der Waals surface area contributed by atoms with E-state index in [1.807, 2.05) is 6.92 Å². The van der Waals surface area contributed by atoms with E-state index in [1.54, 1.807) is 0 Å². The number of hydrogen-bond donors (Lipinski definition) is 2.